The van der Waals surface area contributed by atoms with E-state index in [1.165, 1.54) is 6.07 Å². The highest BCUT2D eigenvalue weighted by Gasteiger charge is 2.31. The number of nitrogens with zero attached hydrogens (tertiary/aromatic N) is 4. The first kappa shape index (κ1) is 14.9. The molecule has 1 fully saturated rings. The van der Waals surface area contributed by atoms with Gasteiger partial charge in [0, 0.05) is 12.6 Å². The molecule has 0 amide bonds. The summed E-state index contributed by atoms with van der Waals surface area (Å²) in [6.07, 6.45) is 3.96. The molecule has 1 aliphatic carbocycles. The number of aryl methyl sites for hydroxylation is 2. The zero-order valence-corrected chi connectivity index (χ0v) is 13.1. The van der Waals surface area contributed by atoms with E-state index in [0.29, 0.717) is 18.5 Å². The maximum atomic E-state index is 13.4. The number of anilines is 1. The van der Waals surface area contributed by atoms with Gasteiger partial charge in [0.1, 0.15) is 5.82 Å². The molecule has 1 aromatic heterocycles. The number of hydrogen-bond donors (Lipinski definition) is 0. The number of aromatic nitrogens is 3. The Hall–Kier alpha value is -2.04. The molecule has 22 heavy (non-hydrogen) atoms. The Kier molecular flexibility index (Phi) is 4.32. The maximum Gasteiger partial charge on any atom is 0.246 e. The smallest absolute Gasteiger partial charge is 0.246 e. The molecule has 5 heteroatoms. The van der Waals surface area contributed by atoms with Crippen LogP contribution in [0.3, 0.4) is 0 Å². The fourth-order valence-electron chi connectivity index (χ4n) is 2.63. The highest BCUT2D eigenvalue weighted by molar-refractivity contribution is 5.36. The second-order valence-corrected chi connectivity index (χ2v) is 5.70. The topological polar surface area (TPSA) is 41.9 Å². The molecule has 4 nitrogen and oxygen atoms in total. The normalized spacial score (nSPS) is 14.1. The van der Waals surface area contributed by atoms with Crippen LogP contribution in [0.15, 0.2) is 24.3 Å². The highest BCUT2D eigenvalue weighted by Crippen LogP contribution is 2.31. The average molecular weight is 300 g/mol. The fourth-order valence-corrected chi connectivity index (χ4v) is 2.63. The lowest BCUT2D eigenvalue weighted by atomic mass is 10.2. The van der Waals surface area contributed by atoms with Crippen molar-refractivity contribution < 1.29 is 4.39 Å². The summed E-state index contributed by atoms with van der Waals surface area (Å²) in [6.45, 7) is 4.77. The first-order chi connectivity index (χ1) is 10.7. The third-order valence-corrected chi connectivity index (χ3v) is 3.98. The van der Waals surface area contributed by atoms with Crippen molar-refractivity contribution in [3.05, 3.63) is 47.0 Å². The van der Waals surface area contributed by atoms with Crippen LogP contribution in [0.25, 0.3) is 0 Å². The van der Waals surface area contributed by atoms with Gasteiger partial charge >= 0.3 is 0 Å². The first-order valence-electron chi connectivity index (χ1n) is 7.94. The molecule has 0 radical (unpaired) electrons. The molecule has 1 aromatic carbocycles. The van der Waals surface area contributed by atoms with Crippen molar-refractivity contribution in [3.8, 4) is 0 Å². The number of hydrogen-bond acceptors (Lipinski definition) is 4. The van der Waals surface area contributed by atoms with Crippen molar-refractivity contribution in [2.45, 2.75) is 52.1 Å². The summed E-state index contributed by atoms with van der Waals surface area (Å²) in [4.78, 5) is 6.85. The molecular formula is C17H21FN4. The predicted molar refractivity (Wildman–Crippen MR) is 84.2 cm³/mol. The molecule has 0 atom stereocenters. The predicted octanol–water partition coefficient (Wildman–Crippen LogP) is 3.30. The summed E-state index contributed by atoms with van der Waals surface area (Å²) in [7, 11) is 0. The van der Waals surface area contributed by atoms with Gasteiger partial charge in [-0.3, -0.25) is 0 Å². The minimum Gasteiger partial charge on any atom is -0.332 e. The molecule has 2 aromatic rings. The first-order valence-corrected chi connectivity index (χ1v) is 7.94. The van der Waals surface area contributed by atoms with Crippen molar-refractivity contribution in [2.24, 2.45) is 0 Å². The van der Waals surface area contributed by atoms with E-state index in [9.17, 15) is 4.39 Å². The Bertz CT molecular complexity index is 655. The van der Waals surface area contributed by atoms with E-state index in [0.717, 1.165) is 42.6 Å². The van der Waals surface area contributed by atoms with Crippen LogP contribution in [0.5, 0.6) is 0 Å². The van der Waals surface area contributed by atoms with E-state index in [2.05, 4.69) is 28.9 Å². The zero-order valence-electron chi connectivity index (χ0n) is 13.1. The largest absolute Gasteiger partial charge is 0.332 e. The van der Waals surface area contributed by atoms with Crippen LogP contribution in [-0.2, 0) is 19.4 Å². The molecule has 1 aliphatic rings. The monoisotopic (exact) mass is 300 g/mol. The minimum absolute atomic E-state index is 0.206. The van der Waals surface area contributed by atoms with Gasteiger partial charge in [0.05, 0.1) is 11.4 Å². The third-order valence-electron chi connectivity index (χ3n) is 3.98. The van der Waals surface area contributed by atoms with Crippen LogP contribution in [-0.4, -0.2) is 21.2 Å². The molecule has 0 bridgehead atoms. The Morgan fingerprint density at radius 1 is 1.14 bits per heavy atom. The van der Waals surface area contributed by atoms with E-state index in [-0.39, 0.29) is 5.82 Å². The number of rotatable bonds is 6. The molecule has 0 N–H and O–H groups in total. The highest BCUT2D eigenvalue weighted by atomic mass is 19.1. The van der Waals surface area contributed by atoms with Gasteiger partial charge in [0.2, 0.25) is 5.95 Å². The van der Waals surface area contributed by atoms with Crippen molar-refractivity contribution >= 4 is 5.95 Å². The lowest BCUT2D eigenvalue weighted by Crippen LogP contribution is -2.28. The minimum atomic E-state index is -0.206. The van der Waals surface area contributed by atoms with Gasteiger partial charge in [-0.25, -0.2) is 9.37 Å². The van der Waals surface area contributed by atoms with Gasteiger partial charge in [0.25, 0.3) is 0 Å². The van der Waals surface area contributed by atoms with Crippen LogP contribution >= 0.6 is 0 Å². The maximum absolute atomic E-state index is 13.4. The van der Waals surface area contributed by atoms with Crippen LogP contribution < -0.4 is 4.90 Å². The summed E-state index contributed by atoms with van der Waals surface area (Å²) in [5.74, 6) is 0.462. The Morgan fingerprint density at radius 3 is 2.55 bits per heavy atom. The van der Waals surface area contributed by atoms with Crippen LogP contribution in [0.2, 0.25) is 0 Å². The van der Waals surface area contributed by atoms with Gasteiger partial charge in [-0.2, -0.15) is 5.10 Å². The second kappa shape index (κ2) is 6.38. The standard InChI is InChI=1S/C17H21FN4/c1-3-15-16(4-2)20-21-17(19-15)22(14-8-9-14)11-12-6-5-7-13(18)10-12/h5-7,10,14H,3-4,8-9,11H2,1-2H3. The fraction of sp³-hybridized carbons (Fsp3) is 0.471. The number of benzene rings is 1. The molecular weight excluding hydrogens is 279 g/mol. The van der Waals surface area contributed by atoms with Crippen molar-refractivity contribution in [2.75, 3.05) is 4.90 Å². The summed E-state index contributed by atoms with van der Waals surface area (Å²) < 4.78 is 13.4. The molecule has 116 valence electrons. The van der Waals surface area contributed by atoms with Gasteiger partial charge in [-0.15, -0.1) is 5.10 Å². The molecule has 0 spiro atoms. The van der Waals surface area contributed by atoms with Gasteiger partial charge < -0.3 is 4.90 Å². The van der Waals surface area contributed by atoms with E-state index in [4.69, 9.17) is 4.98 Å². The molecule has 0 unspecified atom stereocenters. The molecule has 1 saturated carbocycles. The van der Waals surface area contributed by atoms with Crippen LogP contribution in [0.1, 0.15) is 43.6 Å². The number of halogens is 1. The van der Waals surface area contributed by atoms with Crippen molar-refractivity contribution in [1.29, 1.82) is 0 Å². The summed E-state index contributed by atoms with van der Waals surface area (Å²) in [6, 6.07) is 7.17. The third kappa shape index (κ3) is 3.24. The Morgan fingerprint density at radius 2 is 1.91 bits per heavy atom. The summed E-state index contributed by atoms with van der Waals surface area (Å²) in [5.41, 5.74) is 2.92. The van der Waals surface area contributed by atoms with E-state index < -0.39 is 0 Å². The zero-order chi connectivity index (χ0) is 15.5. The van der Waals surface area contributed by atoms with Gasteiger partial charge in [-0.1, -0.05) is 26.0 Å². The summed E-state index contributed by atoms with van der Waals surface area (Å²) in [5, 5.41) is 8.64. The van der Waals surface area contributed by atoms with Crippen molar-refractivity contribution in [1.82, 2.24) is 15.2 Å². The molecule has 3 rings (SSSR count). The van der Waals surface area contributed by atoms with Gasteiger partial charge in [0.15, 0.2) is 0 Å². The summed E-state index contributed by atoms with van der Waals surface area (Å²) >= 11 is 0. The second-order valence-electron chi connectivity index (χ2n) is 5.70. The quantitative estimate of drug-likeness (QED) is 0.821. The lowest BCUT2D eigenvalue weighted by Gasteiger charge is -2.22. The van der Waals surface area contributed by atoms with E-state index >= 15 is 0 Å². The Labute approximate surface area is 130 Å². The van der Waals surface area contributed by atoms with Crippen LogP contribution in [0.4, 0.5) is 10.3 Å². The SMILES string of the molecule is CCc1nnc(N(Cc2cccc(F)c2)C2CC2)nc1CC. The lowest BCUT2D eigenvalue weighted by molar-refractivity contribution is 0.623. The van der Waals surface area contributed by atoms with Gasteiger partial charge in [-0.05, 0) is 43.4 Å². The average Bonchev–Trinajstić information content (AvgIpc) is 3.37. The van der Waals surface area contributed by atoms with Crippen LogP contribution in [0, 0.1) is 5.82 Å². The molecule has 1 heterocycles. The molecule has 0 aliphatic heterocycles. The molecule has 0 saturated heterocycles. The van der Waals surface area contributed by atoms with Crippen molar-refractivity contribution in [3.63, 3.8) is 0 Å². The Balaban J connectivity index is 1.88. The van der Waals surface area contributed by atoms with E-state index in [1.54, 1.807) is 12.1 Å². The van der Waals surface area contributed by atoms with E-state index in [1.807, 2.05) is 6.07 Å².